The molecule has 1 heterocycles. The van der Waals surface area contributed by atoms with Gasteiger partial charge in [0.15, 0.2) is 11.5 Å². The van der Waals surface area contributed by atoms with Crippen LogP contribution in [0.5, 0.6) is 17.2 Å². The number of aromatic hydroxyl groups is 1. The van der Waals surface area contributed by atoms with E-state index in [1.165, 1.54) is 0 Å². The average Bonchev–Trinajstić information content (AvgIpc) is 3.05. The zero-order chi connectivity index (χ0) is 34.8. The smallest absolute Gasteiger partial charge is 0.323 e. The van der Waals surface area contributed by atoms with E-state index in [2.05, 4.69) is 17.2 Å². The lowest BCUT2D eigenvalue weighted by molar-refractivity contribution is -0.941. The van der Waals surface area contributed by atoms with Crippen LogP contribution in [0.15, 0.2) is 79.4 Å². The van der Waals surface area contributed by atoms with Gasteiger partial charge in [0, 0.05) is 29.3 Å². The number of nitrogens with two attached hydrogens (primary N) is 1. The molecule has 0 aliphatic carbocycles. The van der Waals surface area contributed by atoms with Crippen LogP contribution in [0.25, 0.3) is 0 Å². The Labute approximate surface area is 282 Å². The number of urea groups is 1. The number of nitrogens with zero attached hydrogens (tertiary/aromatic N) is 2. The van der Waals surface area contributed by atoms with Gasteiger partial charge in [-0.15, -0.1) is 0 Å². The van der Waals surface area contributed by atoms with Gasteiger partial charge in [0.25, 0.3) is 5.91 Å². The zero-order valence-corrected chi connectivity index (χ0v) is 28.3. The van der Waals surface area contributed by atoms with Gasteiger partial charge in [0.05, 0.1) is 33.4 Å². The number of quaternary nitrogens is 1. The Bertz CT molecular complexity index is 1580. The van der Waals surface area contributed by atoms with Crippen molar-refractivity contribution < 1.29 is 33.4 Å². The maximum absolute atomic E-state index is 14.3. The second-order valence-electron chi connectivity index (χ2n) is 12.7. The Morgan fingerprint density at radius 3 is 2.29 bits per heavy atom. The Kier molecular flexibility index (Phi) is 12.1. The molecule has 0 radical (unpaired) electrons. The number of ether oxygens (including phenoxy) is 2. The second kappa shape index (κ2) is 16.2. The van der Waals surface area contributed by atoms with Gasteiger partial charge in [0.2, 0.25) is 5.91 Å². The standard InChI is InChI=1S/C37H47N5O6/c1-6-19-42(23-27-11-18-33(47-4)34(22-27)48-5)20-7-8-30(24-42)41(32(35(38)44)21-26-9-16-31(43)17-10-26)37(46)40-29-14-12-28(13-15-29)36(45)39-25(2)3/h6,9-18,22,25,30,32H,1,7-8,19-21,23-24H2,2-5H3,(H4-,38,39,40,43,44,45,46)/p+1/t30-,32+,42?/m1/s1. The first-order valence-corrected chi connectivity index (χ1v) is 16.2. The summed E-state index contributed by atoms with van der Waals surface area (Å²) in [4.78, 5) is 41.5. The molecule has 11 nitrogen and oxygen atoms in total. The molecule has 256 valence electrons. The largest absolute Gasteiger partial charge is 0.508 e. The van der Waals surface area contributed by atoms with E-state index in [1.807, 2.05) is 38.1 Å². The molecule has 3 atom stereocenters. The topological polar surface area (TPSA) is 143 Å². The predicted molar refractivity (Wildman–Crippen MR) is 186 cm³/mol. The van der Waals surface area contributed by atoms with Crippen molar-refractivity contribution in [2.24, 2.45) is 5.73 Å². The van der Waals surface area contributed by atoms with E-state index in [0.717, 1.165) is 24.1 Å². The normalized spacial score (nSPS) is 18.0. The van der Waals surface area contributed by atoms with E-state index in [-0.39, 0.29) is 30.2 Å². The predicted octanol–water partition coefficient (Wildman–Crippen LogP) is 4.84. The fourth-order valence-electron chi connectivity index (χ4n) is 6.52. The molecule has 11 heteroatoms. The van der Waals surface area contributed by atoms with Gasteiger partial charge in [-0.1, -0.05) is 18.7 Å². The van der Waals surface area contributed by atoms with E-state index in [4.69, 9.17) is 15.2 Å². The molecule has 48 heavy (non-hydrogen) atoms. The molecule has 0 bridgehead atoms. The first kappa shape index (κ1) is 35.8. The van der Waals surface area contributed by atoms with Crippen molar-refractivity contribution in [3.63, 3.8) is 0 Å². The first-order chi connectivity index (χ1) is 23.0. The number of nitrogens with one attached hydrogen (secondary N) is 2. The van der Waals surface area contributed by atoms with E-state index < -0.39 is 18.0 Å². The van der Waals surface area contributed by atoms with Crippen molar-refractivity contribution in [1.82, 2.24) is 10.2 Å². The highest BCUT2D eigenvalue weighted by atomic mass is 16.5. The number of hydrogen-bond acceptors (Lipinski definition) is 6. The highest BCUT2D eigenvalue weighted by molar-refractivity contribution is 5.96. The summed E-state index contributed by atoms with van der Waals surface area (Å²) in [5.41, 5.74) is 8.80. The van der Waals surface area contributed by atoms with Crippen LogP contribution in [0.4, 0.5) is 10.5 Å². The van der Waals surface area contributed by atoms with Gasteiger partial charge in [0.1, 0.15) is 24.9 Å². The van der Waals surface area contributed by atoms with Crippen molar-refractivity contribution in [2.75, 3.05) is 39.2 Å². The Morgan fingerprint density at radius 2 is 1.69 bits per heavy atom. The second-order valence-corrected chi connectivity index (χ2v) is 12.7. The summed E-state index contributed by atoms with van der Waals surface area (Å²) in [6, 6.07) is 17.2. The molecular weight excluding hydrogens is 610 g/mol. The zero-order valence-electron chi connectivity index (χ0n) is 28.3. The number of phenolic OH excluding ortho intramolecular Hbond substituents is 1. The molecule has 1 saturated heterocycles. The van der Waals surface area contributed by atoms with Gasteiger partial charge in [-0.2, -0.15) is 0 Å². The van der Waals surface area contributed by atoms with Crippen molar-refractivity contribution in [3.05, 3.63) is 96.1 Å². The summed E-state index contributed by atoms with van der Waals surface area (Å²) in [7, 11) is 3.21. The van der Waals surface area contributed by atoms with Crippen LogP contribution in [0, 0.1) is 0 Å². The highest BCUT2D eigenvalue weighted by Gasteiger charge is 2.42. The molecule has 1 unspecified atom stereocenters. The van der Waals surface area contributed by atoms with Crippen LogP contribution in [-0.4, -0.2) is 84.3 Å². The van der Waals surface area contributed by atoms with Crippen LogP contribution in [-0.2, 0) is 17.8 Å². The molecule has 1 aliphatic heterocycles. The van der Waals surface area contributed by atoms with Crippen molar-refractivity contribution in [1.29, 1.82) is 0 Å². The number of phenols is 1. The Hall–Kier alpha value is -5.03. The van der Waals surface area contributed by atoms with E-state index in [1.54, 1.807) is 67.7 Å². The molecule has 3 aromatic carbocycles. The number of likely N-dealkylation sites (tertiary alicyclic amines) is 1. The minimum Gasteiger partial charge on any atom is -0.508 e. The molecular formula is C37H48N5O6+. The number of carbonyl (C=O) groups is 3. The summed E-state index contributed by atoms with van der Waals surface area (Å²) in [5.74, 6) is 0.537. The first-order valence-electron chi connectivity index (χ1n) is 16.2. The lowest BCUT2D eigenvalue weighted by Gasteiger charge is -2.48. The molecule has 1 fully saturated rings. The number of hydrogen-bond donors (Lipinski definition) is 4. The average molecular weight is 659 g/mol. The minimum absolute atomic E-state index is 0.0152. The van der Waals surface area contributed by atoms with Gasteiger partial charge in [-0.05, 0) is 92.9 Å². The summed E-state index contributed by atoms with van der Waals surface area (Å²) >= 11 is 0. The fraction of sp³-hybridized carbons (Fsp3) is 0.378. The highest BCUT2D eigenvalue weighted by Crippen LogP contribution is 2.32. The van der Waals surface area contributed by atoms with Crippen LogP contribution in [0.2, 0.25) is 0 Å². The van der Waals surface area contributed by atoms with Crippen LogP contribution < -0.4 is 25.8 Å². The summed E-state index contributed by atoms with van der Waals surface area (Å²) < 4.78 is 11.6. The molecule has 4 rings (SSSR count). The maximum atomic E-state index is 14.3. The number of amides is 4. The number of anilines is 1. The monoisotopic (exact) mass is 658 g/mol. The van der Waals surface area contributed by atoms with Gasteiger partial charge in [-0.25, -0.2) is 4.79 Å². The van der Waals surface area contributed by atoms with E-state index >= 15 is 0 Å². The van der Waals surface area contributed by atoms with Crippen LogP contribution in [0.1, 0.15) is 48.2 Å². The molecule has 5 N–H and O–H groups in total. The maximum Gasteiger partial charge on any atom is 0.323 e. The van der Waals surface area contributed by atoms with E-state index in [0.29, 0.717) is 53.3 Å². The molecule has 3 aromatic rings. The van der Waals surface area contributed by atoms with Crippen molar-refractivity contribution in [3.8, 4) is 17.2 Å². The molecule has 0 aromatic heterocycles. The number of carbonyl (C=O) groups excluding carboxylic acids is 3. The number of piperidine rings is 1. The Morgan fingerprint density at radius 1 is 1.02 bits per heavy atom. The number of benzene rings is 3. The van der Waals surface area contributed by atoms with Gasteiger partial charge < -0.3 is 40.3 Å². The lowest BCUT2D eigenvalue weighted by Crippen LogP contribution is -2.64. The number of methoxy groups -OCH3 is 2. The van der Waals surface area contributed by atoms with Crippen LogP contribution in [0.3, 0.4) is 0 Å². The fourth-order valence-corrected chi connectivity index (χ4v) is 6.52. The summed E-state index contributed by atoms with van der Waals surface area (Å²) in [6.45, 7) is 10.5. The summed E-state index contributed by atoms with van der Waals surface area (Å²) in [5, 5.41) is 15.7. The molecule has 0 spiro atoms. The minimum atomic E-state index is -0.972. The number of rotatable bonds is 14. The lowest BCUT2D eigenvalue weighted by atomic mass is 9.95. The quantitative estimate of drug-likeness (QED) is 0.144. The SMILES string of the molecule is C=CC[N+]1(Cc2ccc(OC)c(OC)c2)CCC[C@@H](N(C(=O)Nc2ccc(C(=O)NC(C)C)cc2)[C@@H](Cc2ccc(O)cc2)C(N)=O)C1. The molecule has 1 aliphatic rings. The third kappa shape index (κ3) is 9.07. The Balaban J connectivity index is 1.68. The summed E-state index contributed by atoms with van der Waals surface area (Å²) in [6.07, 6.45) is 3.54. The van der Waals surface area contributed by atoms with Crippen molar-refractivity contribution in [2.45, 2.75) is 57.8 Å². The number of primary amides is 1. The third-order valence-electron chi connectivity index (χ3n) is 8.73. The third-order valence-corrected chi connectivity index (χ3v) is 8.73. The van der Waals surface area contributed by atoms with Gasteiger partial charge >= 0.3 is 6.03 Å². The molecule has 0 saturated carbocycles. The van der Waals surface area contributed by atoms with Crippen LogP contribution >= 0.6 is 0 Å². The molecule has 4 amide bonds. The van der Waals surface area contributed by atoms with E-state index in [9.17, 15) is 19.5 Å². The van der Waals surface area contributed by atoms with Gasteiger partial charge in [-0.3, -0.25) is 9.59 Å². The van der Waals surface area contributed by atoms with Crippen molar-refractivity contribution >= 4 is 23.5 Å².